The first-order valence-corrected chi connectivity index (χ1v) is 11.4. The SMILES string of the molecule is CC(=Nc1c(C)cc(C)cc1C)C(C)SC(C)C(C)=Nc1c(C)cc(C)cc1C. The van der Waals surface area contributed by atoms with Crippen LogP contribution < -0.4 is 0 Å². The molecule has 0 aliphatic carbocycles. The van der Waals surface area contributed by atoms with Gasteiger partial charge in [-0.3, -0.25) is 9.98 Å². The van der Waals surface area contributed by atoms with Crippen molar-refractivity contribution in [1.82, 2.24) is 0 Å². The van der Waals surface area contributed by atoms with Crippen molar-refractivity contribution in [2.75, 3.05) is 0 Å². The normalized spacial score (nSPS) is 14.8. The Morgan fingerprint density at radius 2 is 0.897 bits per heavy atom. The highest BCUT2D eigenvalue weighted by molar-refractivity contribution is 8.01. The molecule has 2 atom stereocenters. The summed E-state index contributed by atoms with van der Waals surface area (Å²) in [4.78, 5) is 9.98. The highest BCUT2D eigenvalue weighted by Gasteiger charge is 2.16. The largest absolute Gasteiger partial charge is 0.256 e. The predicted molar refractivity (Wildman–Crippen MR) is 133 cm³/mol. The third-order valence-corrected chi connectivity index (χ3v) is 6.93. The van der Waals surface area contributed by atoms with Gasteiger partial charge in [-0.1, -0.05) is 35.4 Å². The number of hydrogen-bond acceptors (Lipinski definition) is 3. The van der Waals surface area contributed by atoms with E-state index in [0.29, 0.717) is 10.5 Å². The van der Waals surface area contributed by atoms with E-state index < -0.39 is 0 Å². The van der Waals surface area contributed by atoms with Crippen LogP contribution in [-0.2, 0) is 0 Å². The maximum Gasteiger partial charge on any atom is 0.0687 e. The minimum atomic E-state index is 0.329. The van der Waals surface area contributed by atoms with Crippen LogP contribution in [0.2, 0.25) is 0 Å². The van der Waals surface area contributed by atoms with E-state index in [0.717, 1.165) is 22.8 Å². The van der Waals surface area contributed by atoms with Crippen LogP contribution in [-0.4, -0.2) is 21.9 Å². The van der Waals surface area contributed by atoms with E-state index in [1.165, 1.54) is 33.4 Å². The Kier molecular flexibility index (Phi) is 7.87. The van der Waals surface area contributed by atoms with Gasteiger partial charge in [0.2, 0.25) is 0 Å². The molecular formula is C26H36N2S. The van der Waals surface area contributed by atoms with Crippen LogP contribution in [0.15, 0.2) is 34.3 Å². The highest BCUT2D eigenvalue weighted by atomic mass is 32.2. The standard InChI is InChI=1S/C26H36N2S/c1-15-11-17(3)25(18(4)12-15)27-21(7)23(9)29-24(10)22(8)28-26-19(5)13-16(2)14-20(26)6/h11-14,23-24H,1-10H3. The molecule has 2 aromatic carbocycles. The van der Waals surface area contributed by atoms with Gasteiger partial charge >= 0.3 is 0 Å². The number of rotatable bonds is 6. The van der Waals surface area contributed by atoms with Gasteiger partial charge in [-0.05, 0) is 91.5 Å². The van der Waals surface area contributed by atoms with Crippen LogP contribution in [0, 0.1) is 41.5 Å². The van der Waals surface area contributed by atoms with Crippen molar-refractivity contribution in [3.05, 3.63) is 57.6 Å². The second-order valence-corrected chi connectivity index (χ2v) is 10.1. The summed E-state index contributed by atoms with van der Waals surface area (Å²) < 4.78 is 0. The average molecular weight is 409 g/mol. The zero-order valence-electron chi connectivity index (χ0n) is 19.8. The lowest BCUT2D eigenvalue weighted by atomic mass is 10.1. The van der Waals surface area contributed by atoms with Crippen molar-refractivity contribution in [2.45, 2.75) is 79.7 Å². The van der Waals surface area contributed by atoms with Crippen LogP contribution in [0.4, 0.5) is 11.4 Å². The Balaban J connectivity index is 2.19. The number of nitrogens with zero attached hydrogens (tertiary/aromatic N) is 2. The first kappa shape index (κ1) is 23.4. The maximum absolute atomic E-state index is 4.99. The molecule has 3 heteroatoms. The molecule has 0 aliphatic rings. The number of thioether (sulfide) groups is 1. The fraction of sp³-hybridized carbons (Fsp3) is 0.462. The highest BCUT2D eigenvalue weighted by Crippen LogP contribution is 2.30. The summed E-state index contributed by atoms with van der Waals surface area (Å²) in [6, 6.07) is 8.84. The summed E-state index contributed by atoms with van der Waals surface area (Å²) in [5, 5.41) is 0.658. The second-order valence-electron chi connectivity index (χ2n) is 8.42. The molecule has 2 unspecified atom stereocenters. The van der Waals surface area contributed by atoms with Crippen LogP contribution >= 0.6 is 11.8 Å². The van der Waals surface area contributed by atoms with Crippen molar-refractivity contribution in [3.8, 4) is 0 Å². The number of benzene rings is 2. The lowest BCUT2D eigenvalue weighted by Gasteiger charge is -2.19. The van der Waals surface area contributed by atoms with Gasteiger partial charge in [0, 0.05) is 21.9 Å². The van der Waals surface area contributed by atoms with Crippen LogP contribution in [0.3, 0.4) is 0 Å². The molecule has 2 nitrogen and oxygen atoms in total. The van der Waals surface area contributed by atoms with E-state index in [4.69, 9.17) is 9.98 Å². The molecule has 2 aromatic rings. The summed E-state index contributed by atoms with van der Waals surface area (Å²) in [6.07, 6.45) is 0. The van der Waals surface area contributed by atoms with E-state index >= 15 is 0 Å². The summed E-state index contributed by atoms with van der Waals surface area (Å²) in [7, 11) is 0. The Morgan fingerprint density at radius 1 is 0.621 bits per heavy atom. The molecule has 0 heterocycles. The average Bonchev–Trinajstić information content (AvgIpc) is 2.60. The van der Waals surface area contributed by atoms with Gasteiger partial charge in [-0.25, -0.2) is 0 Å². The van der Waals surface area contributed by atoms with Crippen molar-refractivity contribution < 1.29 is 0 Å². The minimum Gasteiger partial charge on any atom is -0.256 e. The Hall–Kier alpha value is -1.87. The summed E-state index contributed by atoms with van der Waals surface area (Å²) in [5.74, 6) is 0. The Bertz CT molecular complexity index is 830. The maximum atomic E-state index is 4.99. The molecule has 0 spiro atoms. The van der Waals surface area contributed by atoms with Gasteiger partial charge in [0.05, 0.1) is 11.4 Å². The second kappa shape index (κ2) is 9.75. The molecule has 0 fully saturated rings. The monoisotopic (exact) mass is 408 g/mol. The lowest BCUT2D eigenvalue weighted by Crippen LogP contribution is -2.18. The van der Waals surface area contributed by atoms with E-state index in [1.807, 2.05) is 11.8 Å². The number of hydrogen-bond donors (Lipinski definition) is 0. The van der Waals surface area contributed by atoms with Crippen LogP contribution in [0.25, 0.3) is 0 Å². The molecule has 0 saturated heterocycles. The molecule has 0 aliphatic heterocycles. The van der Waals surface area contributed by atoms with Crippen molar-refractivity contribution in [1.29, 1.82) is 0 Å². The van der Waals surface area contributed by atoms with E-state index in [2.05, 4.69) is 93.5 Å². The van der Waals surface area contributed by atoms with Crippen molar-refractivity contribution in [3.63, 3.8) is 0 Å². The molecule has 0 aromatic heterocycles. The van der Waals surface area contributed by atoms with E-state index in [1.54, 1.807) is 0 Å². The zero-order valence-corrected chi connectivity index (χ0v) is 20.6. The first-order valence-electron chi connectivity index (χ1n) is 10.4. The minimum absolute atomic E-state index is 0.329. The first-order chi connectivity index (χ1) is 13.5. The summed E-state index contributed by atoms with van der Waals surface area (Å²) in [5.41, 5.74) is 12.1. The van der Waals surface area contributed by atoms with Gasteiger partial charge in [-0.15, -0.1) is 11.8 Å². The molecule has 2 rings (SSSR count). The van der Waals surface area contributed by atoms with Gasteiger partial charge in [0.15, 0.2) is 0 Å². The molecular weight excluding hydrogens is 372 g/mol. The number of aliphatic imine (C=N–C) groups is 2. The van der Waals surface area contributed by atoms with E-state index in [-0.39, 0.29) is 0 Å². The predicted octanol–water partition coefficient (Wildman–Crippen LogP) is 7.93. The summed E-state index contributed by atoms with van der Waals surface area (Å²) >= 11 is 1.92. The van der Waals surface area contributed by atoms with Crippen molar-refractivity contribution >= 4 is 34.6 Å². The molecule has 0 saturated carbocycles. The molecule has 156 valence electrons. The Labute approximate surface area is 182 Å². The van der Waals surface area contributed by atoms with Gasteiger partial charge in [0.1, 0.15) is 0 Å². The zero-order chi connectivity index (χ0) is 21.9. The topological polar surface area (TPSA) is 24.7 Å². The third-order valence-electron chi connectivity index (χ3n) is 5.43. The fourth-order valence-corrected chi connectivity index (χ4v) is 4.85. The third kappa shape index (κ3) is 6.05. The summed E-state index contributed by atoms with van der Waals surface area (Å²) in [6.45, 7) is 21.6. The van der Waals surface area contributed by atoms with E-state index in [9.17, 15) is 0 Å². The molecule has 0 amide bonds. The fourth-order valence-electron chi connectivity index (χ4n) is 3.74. The Morgan fingerprint density at radius 3 is 1.17 bits per heavy atom. The number of aryl methyl sites for hydroxylation is 6. The van der Waals surface area contributed by atoms with Crippen LogP contribution in [0.1, 0.15) is 61.1 Å². The molecule has 0 bridgehead atoms. The van der Waals surface area contributed by atoms with Gasteiger partial charge in [-0.2, -0.15) is 0 Å². The van der Waals surface area contributed by atoms with Crippen molar-refractivity contribution in [2.24, 2.45) is 9.98 Å². The van der Waals surface area contributed by atoms with Gasteiger partial charge < -0.3 is 0 Å². The lowest BCUT2D eigenvalue weighted by molar-refractivity contribution is 1.20. The molecule has 0 radical (unpaired) electrons. The van der Waals surface area contributed by atoms with Gasteiger partial charge in [0.25, 0.3) is 0 Å². The molecule has 0 N–H and O–H groups in total. The quantitative estimate of drug-likeness (QED) is 0.445. The molecule has 29 heavy (non-hydrogen) atoms. The van der Waals surface area contributed by atoms with Crippen LogP contribution in [0.5, 0.6) is 0 Å². The smallest absolute Gasteiger partial charge is 0.0687 e.